The van der Waals surface area contributed by atoms with Gasteiger partial charge in [-0.3, -0.25) is 9.59 Å². The zero-order valence-electron chi connectivity index (χ0n) is 15.0. The second kappa shape index (κ2) is 8.10. The average molecular weight is 393 g/mol. The van der Waals surface area contributed by atoms with Gasteiger partial charge in [0, 0.05) is 30.6 Å². The van der Waals surface area contributed by atoms with Crippen LogP contribution in [0.1, 0.15) is 42.6 Å². The predicted molar refractivity (Wildman–Crippen MR) is 103 cm³/mol. The van der Waals surface area contributed by atoms with Gasteiger partial charge in [0.05, 0.1) is 29.4 Å². The summed E-state index contributed by atoms with van der Waals surface area (Å²) in [6, 6.07) is 3.50. The molecule has 1 aromatic heterocycles. The minimum absolute atomic E-state index is 0.0710. The normalized spacial score (nSPS) is 13.7. The standard InChI is InChI=1S/C19H21ClN2O5/c1-11(23)4-6-27-7-5-21-16-8-13-17(9-15(16)20)22(12-2-3-12)10-14(18(13)24)19(25)26/h8-10,12,21H,2-7H2,1H3,(H,25,26). The van der Waals surface area contributed by atoms with Crippen LogP contribution in [0.2, 0.25) is 5.02 Å². The fourth-order valence-corrected chi connectivity index (χ4v) is 3.11. The summed E-state index contributed by atoms with van der Waals surface area (Å²) in [5.41, 5.74) is 0.421. The van der Waals surface area contributed by atoms with Crippen LogP contribution in [-0.2, 0) is 9.53 Å². The fourth-order valence-electron chi connectivity index (χ4n) is 2.89. The molecule has 1 aliphatic rings. The van der Waals surface area contributed by atoms with Crippen molar-refractivity contribution in [2.24, 2.45) is 0 Å². The van der Waals surface area contributed by atoms with Crippen LogP contribution in [0.25, 0.3) is 10.9 Å². The first-order chi connectivity index (χ1) is 12.9. The molecule has 0 unspecified atom stereocenters. The lowest BCUT2D eigenvalue weighted by atomic mass is 10.1. The van der Waals surface area contributed by atoms with Gasteiger partial charge >= 0.3 is 5.97 Å². The van der Waals surface area contributed by atoms with Gasteiger partial charge in [-0.1, -0.05) is 11.6 Å². The van der Waals surface area contributed by atoms with Crippen LogP contribution in [0.3, 0.4) is 0 Å². The molecule has 1 saturated carbocycles. The number of aromatic carboxylic acids is 1. The quantitative estimate of drug-likeness (QED) is 0.636. The van der Waals surface area contributed by atoms with Gasteiger partial charge < -0.3 is 19.7 Å². The van der Waals surface area contributed by atoms with E-state index in [9.17, 15) is 19.5 Å². The highest BCUT2D eigenvalue weighted by Crippen LogP contribution is 2.38. The summed E-state index contributed by atoms with van der Waals surface area (Å²) in [5.74, 6) is -1.17. The Hall–Kier alpha value is -2.38. The van der Waals surface area contributed by atoms with E-state index in [1.165, 1.54) is 13.1 Å². The zero-order valence-corrected chi connectivity index (χ0v) is 15.7. The van der Waals surface area contributed by atoms with Crippen LogP contribution in [0, 0.1) is 0 Å². The number of nitrogens with zero attached hydrogens (tertiary/aromatic N) is 1. The Bertz CT molecular complexity index is 949. The number of hydrogen-bond acceptors (Lipinski definition) is 5. The molecule has 27 heavy (non-hydrogen) atoms. The number of Topliss-reactive ketones (excluding diaryl/α,β-unsaturated/α-hetero) is 1. The number of fused-ring (bicyclic) bond motifs is 1. The van der Waals surface area contributed by atoms with E-state index in [0.29, 0.717) is 47.8 Å². The summed E-state index contributed by atoms with van der Waals surface area (Å²) in [4.78, 5) is 34.9. The fraction of sp³-hybridized carbons (Fsp3) is 0.421. The second-order valence-corrected chi connectivity index (χ2v) is 7.06. The van der Waals surface area contributed by atoms with Crippen LogP contribution < -0.4 is 10.7 Å². The van der Waals surface area contributed by atoms with Crippen molar-refractivity contribution in [1.82, 2.24) is 4.57 Å². The maximum Gasteiger partial charge on any atom is 0.341 e. The third-order valence-electron chi connectivity index (χ3n) is 4.45. The number of carboxylic acids is 1. The molecule has 0 radical (unpaired) electrons. The minimum atomic E-state index is -1.24. The van der Waals surface area contributed by atoms with Crippen molar-refractivity contribution in [3.05, 3.63) is 39.1 Å². The van der Waals surface area contributed by atoms with Gasteiger partial charge in [-0.15, -0.1) is 0 Å². The molecule has 7 nitrogen and oxygen atoms in total. The van der Waals surface area contributed by atoms with E-state index in [0.717, 1.165) is 12.8 Å². The molecule has 3 rings (SSSR count). The van der Waals surface area contributed by atoms with E-state index in [1.807, 2.05) is 4.57 Å². The Kier molecular flexibility index (Phi) is 5.82. The Labute approximate surface area is 160 Å². The molecule has 144 valence electrons. The number of rotatable bonds is 9. The third kappa shape index (κ3) is 4.48. The molecule has 0 atom stereocenters. The molecule has 0 saturated heterocycles. The SMILES string of the molecule is CC(=O)CCOCCNc1cc2c(=O)c(C(=O)O)cn(C3CC3)c2cc1Cl. The number of ether oxygens (including phenoxy) is 1. The first kappa shape index (κ1) is 19.4. The molecule has 1 fully saturated rings. The first-order valence-electron chi connectivity index (χ1n) is 8.81. The number of aromatic nitrogens is 1. The van der Waals surface area contributed by atoms with Gasteiger partial charge in [-0.2, -0.15) is 0 Å². The van der Waals surface area contributed by atoms with Crippen molar-refractivity contribution in [2.45, 2.75) is 32.2 Å². The van der Waals surface area contributed by atoms with E-state index < -0.39 is 11.4 Å². The predicted octanol–water partition coefficient (Wildman–Crippen LogP) is 3.10. The highest BCUT2D eigenvalue weighted by molar-refractivity contribution is 6.34. The molecule has 0 aliphatic heterocycles. The lowest BCUT2D eigenvalue weighted by molar-refractivity contribution is -0.118. The van der Waals surface area contributed by atoms with Crippen molar-refractivity contribution in [3.8, 4) is 0 Å². The monoisotopic (exact) mass is 392 g/mol. The number of anilines is 1. The topological polar surface area (TPSA) is 97.6 Å². The molecule has 1 heterocycles. The number of carbonyl (C=O) groups is 2. The summed E-state index contributed by atoms with van der Waals surface area (Å²) < 4.78 is 7.19. The van der Waals surface area contributed by atoms with Crippen LogP contribution in [-0.4, -0.2) is 41.2 Å². The number of hydrogen-bond donors (Lipinski definition) is 2. The molecular formula is C19H21ClN2O5. The minimum Gasteiger partial charge on any atom is -0.477 e. The lowest BCUT2D eigenvalue weighted by Crippen LogP contribution is -2.19. The molecule has 0 amide bonds. The second-order valence-electron chi connectivity index (χ2n) is 6.66. The average Bonchev–Trinajstić information content (AvgIpc) is 3.43. The summed E-state index contributed by atoms with van der Waals surface area (Å²) in [6.45, 7) is 2.69. The first-order valence-corrected chi connectivity index (χ1v) is 9.19. The van der Waals surface area contributed by atoms with Crippen molar-refractivity contribution in [1.29, 1.82) is 0 Å². The Morgan fingerprint density at radius 2 is 2.07 bits per heavy atom. The third-order valence-corrected chi connectivity index (χ3v) is 4.76. The number of carbonyl (C=O) groups excluding carboxylic acids is 1. The van der Waals surface area contributed by atoms with Gasteiger partial charge in [-0.05, 0) is 31.9 Å². The Morgan fingerprint density at radius 3 is 2.70 bits per heavy atom. The van der Waals surface area contributed by atoms with Crippen LogP contribution in [0.15, 0.2) is 23.1 Å². The van der Waals surface area contributed by atoms with Crippen LogP contribution >= 0.6 is 11.6 Å². The number of carboxylic acid groups (broad SMARTS) is 1. The lowest BCUT2D eigenvalue weighted by Gasteiger charge is -2.15. The van der Waals surface area contributed by atoms with Gasteiger partial charge in [0.2, 0.25) is 5.43 Å². The summed E-state index contributed by atoms with van der Waals surface area (Å²) >= 11 is 6.36. The number of halogens is 1. The van der Waals surface area contributed by atoms with Gasteiger partial charge in [0.25, 0.3) is 0 Å². The van der Waals surface area contributed by atoms with Crippen molar-refractivity contribution < 1.29 is 19.4 Å². The van der Waals surface area contributed by atoms with Crippen LogP contribution in [0.5, 0.6) is 0 Å². The number of ketones is 1. The molecule has 1 aliphatic carbocycles. The Balaban J connectivity index is 1.84. The molecule has 0 spiro atoms. The molecule has 2 aromatic rings. The largest absolute Gasteiger partial charge is 0.477 e. The van der Waals surface area contributed by atoms with Gasteiger partial charge in [0.1, 0.15) is 11.3 Å². The smallest absolute Gasteiger partial charge is 0.341 e. The summed E-state index contributed by atoms with van der Waals surface area (Å²) in [5, 5.41) is 13.2. The van der Waals surface area contributed by atoms with Gasteiger partial charge in [0.15, 0.2) is 0 Å². The number of nitrogens with one attached hydrogen (secondary N) is 1. The van der Waals surface area contributed by atoms with Crippen molar-refractivity contribution >= 4 is 39.9 Å². The van der Waals surface area contributed by atoms with E-state index in [-0.39, 0.29) is 17.4 Å². The van der Waals surface area contributed by atoms with E-state index in [4.69, 9.17) is 16.3 Å². The van der Waals surface area contributed by atoms with E-state index in [2.05, 4.69) is 5.32 Å². The zero-order chi connectivity index (χ0) is 19.6. The maximum atomic E-state index is 12.6. The van der Waals surface area contributed by atoms with Crippen molar-refractivity contribution in [3.63, 3.8) is 0 Å². The number of benzene rings is 1. The van der Waals surface area contributed by atoms with Crippen LogP contribution in [0.4, 0.5) is 5.69 Å². The number of pyridine rings is 1. The maximum absolute atomic E-state index is 12.6. The Morgan fingerprint density at radius 1 is 1.33 bits per heavy atom. The molecule has 0 bridgehead atoms. The highest BCUT2D eigenvalue weighted by atomic mass is 35.5. The van der Waals surface area contributed by atoms with E-state index in [1.54, 1.807) is 12.1 Å². The molecular weight excluding hydrogens is 372 g/mol. The molecule has 8 heteroatoms. The van der Waals surface area contributed by atoms with Crippen molar-refractivity contribution in [2.75, 3.05) is 25.1 Å². The molecule has 1 aromatic carbocycles. The van der Waals surface area contributed by atoms with Gasteiger partial charge in [-0.25, -0.2) is 4.79 Å². The molecule has 2 N–H and O–H groups in total. The summed E-state index contributed by atoms with van der Waals surface area (Å²) in [6.07, 6.45) is 3.69. The van der Waals surface area contributed by atoms with E-state index >= 15 is 0 Å². The highest BCUT2D eigenvalue weighted by Gasteiger charge is 2.27. The summed E-state index contributed by atoms with van der Waals surface area (Å²) in [7, 11) is 0.